The molecule has 1 heterocycles. The molecule has 1 atom stereocenters. The maximum absolute atomic E-state index is 11.6. The first-order valence-electron chi connectivity index (χ1n) is 6.30. The number of carboxylic acids is 1. The Morgan fingerprint density at radius 2 is 2.10 bits per heavy atom. The summed E-state index contributed by atoms with van der Waals surface area (Å²) in [6, 6.07) is 0.729. The van der Waals surface area contributed by atoms with Crippen LogP contribution in [0.4, 0.5) is 4.79 Å². The number of aryl methyl sites for hydroxylation is 2. The molecule has 1 aromatic heterocycles. The minimum atomic E-state index is -1.12. The lowest BCUT2D eigenvalue weighted by Gasteiger charge is -2.22. The second-order valence-corrected chi connectivity index (χ2v) is 5.64. The van der Waals surface area contributed by atoms with Gasteiger partial charge in [-0.25, -0.2) is 9.59 Å². The smallest absolute Gasteiger partial charge is 0.408 e. The number of aliphatic carboxylic acids is 1. The second-order valence-electron chi connectivity index (χ2n) is 5.64. The van der Waals surface area contributed by atoms with E-state index in [0.29, 0.717) is 0 Å². The largest absolute Gasteiger partial charge is 0.480 e. The van der Waals surface area contributed by atoms with Crippen molar-refractivity contribution in [3.63, 3.8) is 0 Å². The lowest BCUT2D eigenvalue weighted by Crippen LogP contribution is -2.44. The Balaban J connectivity index is 2.73. The van der Waals surface area contributed by atoms with Gasteiger partial charge in [0.25, 0.3) is 0 Å². The summed E-state index contributed by atoms with van der Waals surface area (Å²) in [6.07, 6.45) is -0.602. The van der Waals surface area contributed by atoms with Gasteiger partial charge in [-0.15, -0.1) is 0 Å². The zero-order chi connectivity index (χ0) is 15.5. The minimum Gasteiger partial charge on any atom is -0.480 e. The van der Waals surface area contributed by atoms with Crippen molar-refractivity contribution in [2.24, 2.45) is 7.05 Å². The number of amides is 1. The normalized spacial score (nSPS) is 12.8. The number of carboxylic acid groups (broad SMARTS) is 1. The number of rotatable bonds is 4. The van der Waals surface area contributed by atoms with E-state index in [1.807, 2.05) is 6.92 Å². The Bertz CT molecular complexity index is 502. The van der Waals surface area contributed by atoms with E-state index in [4.69, 9.17) is 4.74 Å². The number of hydrogen-bond donors (Lipinski definition) is 2. The van der Waals surface area contributed by atoms with Gasteiger partial charge in [0.05, 0.1) is 5.69 Å². The molecular formula is C13H21N3O4. The third kappa shape index (κ3) is 4.91. The molecule has 0 spiro atoms. The number of nitrogens with zero attached hydrogens (tertiary/aromatic N) is 2. The van der Waals surface area contributed by atoms with Gasteiger partial charge in [0.15, 0.2) is 0 Å². The van der Waals surface area contributed by atoms with E-state index in [2.05, 4.69) is 10.4 Å². The van der Waals surface area contributed by atoms with Crippen LogP contribution < -0.4 is 5.32 Å². The highest BCUT2D eigenvalue weighted by Gasteiger charge is 2.25. The Kier molecular flexibility index (Phi) is 4.75. The molecule has 1 unspecified atom stereocenters. The zero-order valence-corrected chi connectivity index (χ0v) is 12.4. The van der Waals surface area contributed by atoms with E-state index in [0.717, 1.165) is 11.4 Å². The molecule has 0 fully saturated rings. The zero-order valence-electron chi connectivity index (χ0n) is 12.4. The molecule has 7 nitrogen and oxygen atoms in total. The molecule has 0 aromatic carbocycles. The Hall–Kier alpha value is -2.05. The molecule has 1 rings (SSSR count). The van der Waals surface area contributed by atoms with Crippen LogP contribution >= 0.6 is 0 Å². The summed E-state index contributed by atoms with van der Waals surface area (Å²) in [6.45, 7) is 6.97. The van der Waals surface area contributed by atoms with Gasteiger partial charge in [-0.1, -0.05) is 0 Å². The molecular weight excluding hydrogens is 262 g/mol. The highest BCUT2D eigenvalue weighted by Crippen LogP contribution is 2.09. The summed E-state index contributed by atoms with van der Waals surface area (Å²) in [5.74, 6) is -1.12. The van der Waals surface area contributed by atoms with E-state index in [-0.39, 0.29) is 6.42 Å². The molecule has 20 heavy (non-hydrogen) atoms. The molecule has 7 heteroatoms. The first kappa shape index (κ1) is 16.0. The number of aromatic nitrogens is 2. The van der Waals surface area contributed by atoms with E-state index < -0.39 is 23.7 Å². The van der Waals surface area contributed by atoms with Gasteiger partial charge in [-0.2, -0.15) is 5.10 Å². The summed E-state index contributed by atoms with van der Waals surface area (Å²) in [7, 11) is 1.73. The average Bonchev–Trinajstić information content (AvgIpc) is 2.53. The second kappa shape index (κ2) is 5.94. The maximum atomic E-state index is 11.6. The third-order valence-corrected chi connectivity index (χ3v) is 2.50. The van der Waals surface area contributed by atoms with E-state index in [1.54, 1.807) is 38.6 Å². The van der Waals surface area contributed by atoms with Crippen LogP contribution in [0.5, 0.6) is 0 Å². The van der Waals surface area contributed by atoms with Crippen LogP contribution in [0.3, 0.4) is 0 Å². The van der Waals surface area contributed by atoms with Crippen molar-refractivity contribution < 1.29 is 19.4 Å². The Labute approximate surface area is 117 Å². The Morgan fingerprint density at radius 1 is 1.50 bits per heavy atom. The highest BCUT2D eigenvalue weighted by molar-refractivity contribution is 5.80. The number of hydrogen-bond acceptors (Lipinski definition) is 4. The molecule has 112 valence electrons. The molecule has 0 aliphatic rings. The first-order valence-corrected chi connectivity index (χ1v) is 6.30. The monoisotopic (exact) mass is 283 g/mol. The first-order chi connectivity index (χ1) is 9.08. The SMILES string of the molecule is Cc1cc(CC(NC(=O)OC(C)(C)C)C(=O)O)n(C)n1. The number of carbonyl (C=O) groups excluding carboxylic acids is 1. The molecule has 2 N–H and O–H groups in total. The topological polar surface area (TPSA) is 93.5 Å². The molecule has 0 aliphatic carbocycles. The van der Waals surface area contributed by atoms with Crippen LogP contribution in [0.1, 0.15) is 32.2 Å². The molecule has 1 aromatic rings. The van der Waals surface area contributed by atoms with Gasteiger partial charge in [-0.3, -0.25) is 4.68 Å². The van der Waals surface area contributed by atoms with Gasteiger partial charge >= 0.3 is 12.1 Å². The van der Waals surface area contributed by atoms with E-state index >= 15 is 0 Å². The van der Waals surface area contributed by atoms with Crippen LogP contribution in [-0.2, 0) is 23.0 Å². The van der Waals surface area contributed by atoms with Crippen molar-refractivity contribution >= 4 is 12.1 Å². The van der Waals surface area contributed by atoms with Gasteiger partial charge in [0, 0.05) is 19.2 Å². The standard InChI is InChI=1S/C13H21N3O4/c1-8-6-9(16(5)15-8)7-10(11(17)18)14-12(19)20-13(2,3)4/h6,10H,7H2,1-5H3,(H,14,19)(H,17,18). The molecule has 0 bridgehead atoms. The molecule has 0 radical (unpaired) electrons. The van der Waals surface area contributed by atoms with Gasteiger partial charge in [0.2, 0.25) is 0 Å². The van der Waals surface area contributed by atoms with Crippen molar-refractivity contribution in [2.75, 3.05) is 0 Å². The summed E-state index contributed by atoms with van der Waals surface area (Å²) < 4.78 is 6.65. The summed E-state index contributed by atoms with van der Waals surface area (Å²) in [4.78, 5) is 22.9. The van der Waals surface area contributed by atoms with Crippen LogP contribution in [0.15, 0.2) is 6.07 Å². The van der Waals surface area contributed by atoms with Crippen molar-refractivity contribution in [1.29, 1.82) is 0 Å². The average molecular weight is 283 g/mol. The summed E-state index contributed by atoms with van der Waals surface area (Å²) in [5.41, 5.74) is 0.853. The lowest BCUT2D eigenvalue weighted by molar-refractivity contribution is -0.139. The number of nitrogens with one attached hydrogen (secondary N) is 1. The highest BCUT2D eigenvalue weighted by atomic mass is 16.6. The molecule has 0 saturated carbocycles. The van der Waals surface area contributed by atoms with Gasteiger partial charge in [0.1, 0.15) is 11.6 Å². The number of ether oxygens (including phenoxy) is 1. The van der Waals surface area contributed by atoms with E-state index in [9.17, 15) is 14.7 Å². The Morgan fingerprint density at radius 3 is 2.50 bits per heavy atom. The molecule has 0 saturated heterocycles. The fourth-order valence-corrected chi connectivity index (χ4v) is 1.71. The summed E-state index contributed by atoms with van der Waals surface area (Å²) >= 11 is 0. The molecule has 1 amide bonds. The number of carbonyl (C=O) groups is 2. The van der Waals surface area contributed by atoms with Crippen molar-refractivity contribution in [1.82, 2.24) is 15.1 Å². The van der Waals surface area contributed by atoms with Gasteiger partial charge < -0.3 is 15.2 Å². The van der Waals surface area contributed by atoms with Crippen LogP contribution in [0, 0.1) is 6.92 Å². The van der Waals surface area contributed by atoms with Crippen LogP contribution in [-0.4, -0.2) is 38.6 Å². The maximum Gasteiger partial charge on any atom is 0.408 e. The predicted octanol–water partition coefficient (Wildman–Crippen LogP) is 1.25. The van der Waals surface area contributed by atoms with Crippen LogP contribution in [0.2, 0.25) is 0 Å². The minimum absolute atomic E-state index is 0.145. The quantitative estimate of drug-likeness (QED) is 0.867. The number of alkyl carbamates (subject to hydrolysis) is 1. The van der Waals surface area contributed by atoms with Crippen molar-refractivity contribution in [3.05, 3.63) is 17.5 Å². The molecule has 0 aliphatic heterocycles. The van der Waals surface area contributed by atoms with Gasteiger partial charge in [-0.05, 0) is 33.8 Å². The predicted molar refractivity (Wildman–Crippen MR) is 72.4 cm³/mol. The lowest BCUT2D eigenvalue weighted by atomic mass is 10.1. The summed E-state index contributed by atoms with van der Waals surface area (Å²) in [5, 5.41) is 15.7. The van der Waals surface area contributed by atoms with Crippen molar-refractivity contribution in [2.45, 2.75) is 45.8 Å². The van der Waals surface area contributed by atoms with Crippen molar-refractivity contribution in [3.8, 4) is 0 Å². The fourth-order valence-electron chi connectivity index (χ4n) is 1.71. The van der Waals surface area contributed by atoms with E-state index in [1.165, 1.54) is 0 Å². The third-order valence-electron chi connectivity index (χ3n) is 2.50. The fraction of sp³-hybridized carbons (Fsp3) is 0.615. The van der Waals surface area contributed by atoms with Crippen LogP contribution in [0.25, 0.3) is 0 Å².